The van der Waals surface area contributed by atoms with E-state index in [2.05, 4.69) is 9.98 Å². The van der Waals surface area contributed by atoms with E-state index in [1.54, 1.807) is 31.4 Å². The van der Waals surface area contributed by atoms with Crippen molar-refractivity contribution in [2.24, 2.45) is 4.99 Å². The molecule has 0 bridgehead atoms. The van der Waals surface area contributed by atoms with Gasteiger partial charge in [-0.25, -0.2) is 0 Å². The summed E-state index contributed by atoms with van der Waals surface area (Å²) in [6.45, 7) is 0.307. The van der Waals surface area contributed by atoms with E-state index in [0.717, 1.165) is 5.56 Å². The number of aliphatic imine (C=N–C) groups is 1. The van der Waals surface area contributed by atoms with E-state index in [4.69, 9.17) is 0 Å². The third-order valence-corrected chi connectivity index (χ3v) is 2.11. The molecule has 6 heteroatoms. The van der Waals surface area contributed by atoms with Crippen molar-refractivity contribution >= 4 is 5.84 Å². The van der Waals surface area contributed by atoms with Gasteiger partial charge in [0.1, 0.15) is 0 Å². The monoisotopic (exact) mass is 222 g/mol. The Labute approximate surface area is 93.8 Å². The number of likely N-dealkylation sites (N-methyl/N-ethyl adjacent to an activating group) is 1. The Kier molecular flexibility index (Phi) is 4.38. The second kappa shape index (κ2) is 5.79. The lowest BCUT2D eigenvalue weighted by Gasteiger charge is -2.18. The topological polar surface area (TPSA) is 71.6 Å². The molecule has 1 aromatic rings. The highest BCUT2D eigenvalue weighted by Gasteiger charge is 2.12. The summed E-state index contributed by atoms with van der Waals surface area (Å²) in [6, 6.07) is 3.75. The van der Waals surface area contributed by atoms with Crippen LogP contribution in [0, 0.1) is 10.1 Å². The number of hydrogen-bond acceptors (Lipinski definition) is 4. The molecule has 0 aliphatic carbocycles. The van der Waals surface area contributed by atoms with Gasteiger partial charge in [-0.2, -0.15) is 0 Å². The maximum absolute atomic E-state index is 10.4. The lowest BCUT2D eigenvalue weighted by molar-refractivity contribution is -0.464. The quantitative estimate of drug-likeness (QED) is 0.327. The lowest BCUT2D eigenvalue weighted by atomic mass is 10.2. The van der Waals surface area contributed by atoms with Gasteiger partial charge in [-0.3, -0.25) is 20.1 Å². The first kappa shape index (κ1) is 12.1. The molecular weight excluding hydrogens is 208 g/mol. The van der Waals surface area contributed by atoms with E-state index in [1.165, 1.54) is 0 Å². The average molecular weight is 222 g/mol. The summed E-state index contributed by atoms with van der Waals surface area (Å²) in [7, 11) is 3.33. The molecule has 0 amide bonds. The van der Waals surface area contributed by atoms with Gasteiger partial charge in [-0.15, -0.1) is 0 Å². The maximum Gasteiger partial charge on any atom is 0.260 e. The highest BCUT2D eigenvalue weighted by atomic mass is 16.6. The number of rotatable bonds is 4. The summed E-state index contributed by atoms with van der Waals surface area (Å²) in [4.78, 5) is 19.7. The van der Waals surface area contributed by atoms with Gasteiger partial charge >= 0.3 is 0 Å². The van der Waals surface area contributed by atoms with Crippen LogP contribution in [0.2, 0.25) is 0 Å². The fraction of sp³-hybridized carbons (Fsp3) is 0.400. The Hall–Kier alpha value is -1.98. The second-order valence-corrected chi connectivity index (χ2v) is 3.35. The van der Waals surface area contributed by atoms with Gasteiger partial charge in [0.05, 0.1) is 0 Å². The summed E-state index contributed by atoms with van der Waals surface area (Å²) < 4.78 is 0. The number of aromatic nitrogens is 1. The highest BCUT2D eigenvalue weighted by molar-refractivity contribution is 5.82. The first-order valence-corrected chi connectivity index (χ1v) is 4.81. The van der Waals surface area contributed by atoms with Crippen LogP contribution >= 0.6 is 0 Å². The van der Waals surface area contributed by atoms with Crippen LogP contribution in [0.5, 0.6) is 0 Å². The molecular formula is C10H14N4O2. The molecule has 0 atom stereocenters. The van der Waals surface area contributed by atoms with Gasteiger partial charge in [-0.1, -0.05) is 6.07 Å². The molecule has 0 saturated carbocycles. The number of hydrogen-bond donors (Lipinski definition) is 0. The fourth-order valence-corrected chi connectivity index (χ4v) is 1.33. The molecule has 1 rings (SSSR count). The molecule has 0 aliphatic heterocycles. The van der Waals surface area contributed by atoms with E-state index in [-0.39, 0.29) is 11.5 Å². The third kappa shape index (κ3) is 3.64. The van der Waals surface area contributed by atoms with Crippen molar-refractivity contribution in [1.82, 2.24) is 9.88 Å². The molecule has 0 aliphatic rings. The Bertz CT molecular complexity index is 378. The summed E-state index contributed by atoms with van der Waals surface area (Å²) in [6.07, 6.45) is 3.42. The maximum atomic E-state index is 10.4. The summed E-state index contributed by atoms with van der Waals surface area (Å²) in [5.74, 6) is 0.453. The Balaban J connectivity index is 2.64. The highest BCUT2D eigenvalue weighted by Crippen LogP contribution is 2.01. The molecule has 6 nitrogen and oxygen atoms in total. The van der Waals surface area contributed by atoms with E-state index in [9.17, 15) is 10.1 Å². The zero-order valence-corrected chi connectivity index (χ0v) is 9.33. The van der Waals surface area contributed by atoms with Gasteiger partial charge in [-0.05, 0) is 11.6 Å². The zero-order valence-electron chi connectivity index (χ0n) is 9.33. The summed E-state index contributed by atoms with van der Waals surface area (Å²) >= 11 is 0. The SMILES string of the molecule is CN=C(C[N+](=O)[O-])N(C)Cc1cccnc1. The Morgan fingerprint density at radius 1 is 1.69 bits per heavy atom. The van der Waals surface area contributed by atoms with Crippen LogP contribution in [-0.4, -0.2) is 41.3 Å². The van der Waals surface area contributed by atoms with Gasteiger partial charge in [0, 0.05) is 38.0 Å². The van der Waals surface area contributed by atoms with Crippen LogP contribution in [0.1, 0.15) is 5.56 Å². The number of nitro groups is 1. The minimum atomic E-state index is -0.387. The largest absolute Gasteiger partial charge is 0.354 e. The van der Waals surface area contributed by atoms with Crippen LogP contribution < -0.4 is 0 Å². The van der Waals surface area contributed by atoms with Crippen molar-refractivity contribution in [3.63, 3.8) is 0 Å². The molecule has 0 unspecified atom stereocenters. The molecule has 0 radical (unpaired) electrons. The molecule has 0 aromatic carbocycles. The van der Waals surface area contributed by atoms with Crippen LogP contribution in [0.4, 0.5) is 0 Å². The predicted molar refractivity (Wildman–Crippen MR) is 60.9 cm³/mol. The van der Waals surface area contributed by atoms with Gasteiger partial charge < -0.3 is 4.90 Å². The third-order valence-electron chi connectivity index (χ3n) is 2.11. The molecule has 1 heterocycles. The van der Waals surface area contributed by atoms with E-state index in [1.807, 2.05) is 12.1 Å². The molecule has 0 N–H and O–H groups in total. The molecule has 0 saturated heterocycles. The van der Waals surface area contributed by atoms with E-state index < -0.39 is 0 Å². The van der Waals surface area contributed by atoms with Crippen molar-refractivity contribution in [2.75, 3.05) is 20.6 Å². The van der Waals surface area contributed by atoms with E-state index in [0.29, 0.717) is 12.4 Å². The Morgan fingerprint density at radius 2 is 2.44 bits per heavy atom. The van der Waals surface area contributed by atoms with Crippen LogP contribution in [0.15, 0.2) is 29.5 Å². The minimum absolute atomic E-state index is 0.257. The van der Waals surface area contributed by atoms with Crippen molar-refractivity contribution < 1.29 is 4.92 Å². The van der Waals surface area contributed by atoms with Crippen molar-refractivity contribution in [3.8, 4) is 0 Å². The van der Waals surface area contributed by atoms with E-state index >= 15 is 0 Å². The van der Waals surface area contributed by atoms with Crippen molar-refractivity contribution in [2.45, 2.75) is 6.54 Å². The summed E-state index contributed by atoms with van der Waals surface area (Å²) in [5.41, 5.74) is 0.995. The smallest absolute Gasteiger partial charge is 0.260 e. The second-order valence-electron chi connectivity index (χ2n) is 3.35. The number of amidine groups is 1. The van der Waals surface area contributed by atoms with Crippen LogP contribution in [0.3, 0.4) is 0 Å². The minimum Gasteiger partial charge on any atom is -0.354 e. The van der Waals surface area contributed by atoms with Crippen molar-refractivity contribution in [3.05, 3.63) is 40.2 Å². The molecule has 0 fully saturated rings. The first-order valence-electron chi connectivity index (χ1n) is 4.81. The Morgan fingerprint density at radius 3 is 2.94 bits per heavy atom. The average Bonchev–Trinajstić information content (AvgIpc) is 2.26. The van der Waals surface area contributed by atoms with Gasteiger partial charge in [0.25, 0.3) is 6.54 Å². The summed E-state index contributed by atoms with van der Waals surface area (Å²) in [5, 5.41) is 10.4. The van der Waals surface area contributed by atoms with Crippen molar-refractivity contribution in [1.29, 1.82) is 0 Å². The zero-order chi connectivity index (χ0) is 12.0. The van der Waals surface area contributed by atoms with Gasteiger partial charge in [0.15, 0.2) is 5.84 Å². The predicted octanol–water partition coefficient (Wildman–Crippen LogP) is 0.818. The normalized spacial score (nSPS) is 11.2. The number of nitrogens with zero attached hydrogens (tertiary/aromatic N) is 4. The van der Waals surface area contributed by atoms with Crippen LogP contribution in [-0.2, 0) is 6.54 Å². The standard InChI is InChI=1S/C10H14N4O2/c1-11-10(8-14(15)16)13(2)7-9-4-3-5-12-6-9/h3-6H,7-8H2,1-2H3. The molecule has 1 aromatic heterocycles. The van der Waals surface area contributed by atoms with Crippen LogP contribution in [0.25, 0.3) is 0 Å². The molecule has 86 valence electrons. The number of pyridine rings is 1. The molecule has 0 spiro atoms. The first-order chi connectivity index (χ1) is 7.63. The fourth-order valence-electron chi connectivity index (χ4n) is 1.33. The lowest BCUT2D eigenvalue weighted by Crippen LogP contribution is -2.32. The molecule has 16 heavy (non-hydrogen) atoms. The van der Waals surface area contributed by atoms with Gasteiger partial charge in [0.2, 0.25) is 0 Å².